The van der Waals surface area contributed by atoms with E-state index in [-0.39, 0.29) is 19.1 Å². The summed E-state index contributed by atoms with van der Waals surface area (Å²) in [7, 11) is 3.92. The Labute approximate surface area is 185 Å². The van der Waals surface area contributed by atoms with Crippen LogP contribution in [0.5, 0.6) is 0 Å². The van der Waals surface area contributed by atoms with E-state index in [1.54, 1.807) is 0 Å². The van der Waals surface area contributed by atoms with Crippen molar-refractivity contribution in [1.29, 1.82) is 0 Å². The first-order valence-corrected chi connectivity index (χ1v) is 10.4. The first-order valence-electron chi connectivity index (χ1n) is 10.4. The quantitative estimate of drug-likeness (QED) is 0.299. The first kappa shape index (κ1) is 21.7. The molecule has 9 heteroatoms. The fraction of sp³-hybridized carbons (Fsp3) is 0.391. The number of quaternary nitrogens is 1. The maximum absolute atomic E-state index is 12.7. The average Bonchev–Trinajstić information content (AvgIpc) is 3.06. The zero-order valence-corrected chi connectivity index (χ0v) is 18.1. The lowest BCUT2D eigenvalue weighted by atomic mass is 9.71. The molecule has 1 atom stereocenters. The summed E-state index contributed by atoms with van der Waals surface area (Å²) in [6.07, 6.45) is -0.795. The third kappa shape index (κ3) is 3.88. The number of fused-ring (bicyclic) bond motifs is 3. The molecule has 0 saturated carbocycles. The molecule has 2 aromatic rings. The van der Waals surface area contributed by atoms with E-state index in [2.05, 4.69) is 15.3 Å². The summed E-state index contributed by atoms with van der Waals surface area (Å²) >= 11 is 0. The molecule has 1 heterocycles. The van der Waals surface area contributed by atoms with E-state index < -0.39 is 23.5 Å². The zero-order valence-electron chi connectivity index (χ0n) is 18.1. The summed E-state index contributed by atoms with van der Waals surface area (Å²) in [4.78, 5) is 27.5. The van der Waals surface area contributed by atoms with Crippen LogP contribution in [0.2, 0.25) is 0 Å². The van der Waals surface area contributed by atoms with Crippen LogP contribution in [-0.4, -0.2) is 68.0 Å². The van der Waals surface area contributed by atoms with Crippen LogP contribution in [0.4, 0.5) is 4.79 Å². The SMILES string of the molecule is C[N+]1(C)CC(CN=[N+]=[N-])([C@@H](NC(=O)OCC2c3ccccc3-c3ccccc32)C(=O)O)C1. The molecule has 2 aliphatic rings. The third-order valence-electron chi connectivity index (χ3n) is 6.40. The van der Waals surface area contributed by atoms with Gasteiger partial charge in [-0.3, -0.25) is 0 Å². The number of benzene rings is 2. The van der Waals surface area contributed by atoms with Crippen LogP contribution in [0.15, 0.2) is 53.6 Å². The number of carbonyl (C=O) groups is 2. The Balaban J connectivity index is 1.48. The number of rotatable bonds is 7. The number of nitrogens with zero attached hydrogens (tertiary/aromatic N) is 4. The summed E-state index contributed by atoms with van der Waals surface area (Å²) in [6, 6.07) is 14.8. The van der Waals surface area contributed by atoms with E-state index in [4.69, 9.17) is 10.3 Å². The van der Waals surface area contributed by atoms with Crippen LogP contribution in [-0.2, 0) is 9.53 Å². The van der Waals surface area contributed by atoms with Gasteiger partial charge in [0.1, 0.15) is 18.1 Å². The lowest BCUT2D eigenvalue weighted by Crippen LogP contribution is -2.74. The molecular formula is C23H26N5O4+. The predicted molar refractivity (Wildman–Crippen MR) is 118 cm³/mol. The second kappa shape index (κ2) is 8.18. The average molecular weight is 436 g/mol. The molecule has 0 spiro atoms. The number of carboxylic acids is 1. The summed E-state index contributed by atoms with van der Waals surface area (Å²) in [5, 5.41) is 16.0. The van der Waals surface area contributed by atoms with Crippen LogP contribution >= 0.6 is 0 Å². The molecule has 1 saturated heterocycles. The Kier molecular flexibility index (Phi) is 5.54. The van der Waals surface area contributed by atoms with Crippen LogP contribution < -0.4 is 5.32 Å². The Morgan fingerprint density at radius 2 is 1.75 bits per heavy atom. The van der Waals surface area contributed by atoms with Gasteiger partial charge in [0.05, 0.1) is 27.2 Å². The molecule has 9 nitrogen and oxygen atoms in total. The third-order valence-corrected chi connectivity index (χ3v) is 6.40. The van der Waals surface area contributed by atoms with Gasteiger partial charge in [-0.15, -0.1) is 0 Å². The van der Waals surface area contributed by atoms with Crippen LogP contribution in [0, 0.1) is 5.41 Å². The number of carbonyl (C=O) groups excluding carboxylic acids is 1. The minimum Gasteiger partial charge on any atom is -0.480 e. The van der Waals surface area contributed by atoms with E-state index in [0.717, 1.165) is 22.3 Å². The Bertz CT molecular complexity index is 1060. The number of hydrogen-bond donors (Lipinski definition) is 2. The van der Waals surface area contributed by atoms with Gasteiger partial charge in [-0.1, -0.05) is 53.6 Å². The molecule has 1 aliphatic carbocycles. The van der Waals surface area contributed by atoms with E-state index in [9.17, 15) is 14.7 Å². The van der Waals surface area contributed by atoms with Crippen molar-refractivity contribution in [2.75, 3.05) is 40.3 Å². The standard InChI is InChI=1S/C23H25N5O4/c1-28(2)13-23(14-28,12-25-27-24)20(21(29)30)26-22(31)32-11-19-17-9-5-3-7-15(17)16-8-4-6-10-18(16)19/h3-10,19-20H,11-14H2,1-2H3,(H-,26,29,30,31)/p+1/t20-/m0/s1. The van der Waals surface area contributed by atoms with E-state index >= 15 is 0 Å². The predicted octanol–water partition coefficient (Wildman–Crippen LogP) is 3.37. The molecule has 2 aromatic carbocycles. The number of nitrogens with one attached hydrogen (secondary N) is 1. The maximum atomic E-state index is 12.7. The summed E-state index contributed by atoms with van der Waals surface area (Å²) in [5.41, 5.74) is 12.3. The highest BCUT2D eigenvalue weighted by Crippen LogP contribution is 2.44. The highest BCUT2D eigenvalue weighted by atomic mass is 16.5. The summed E-state index contributed by atoms with van der Waals surface area (Å²) in [6.45, 7) is 1.02. The number of aliphatic carboxylic acids is 1. The largest absolute Gasteiger partial charge is 0.480 e. The van der Waals surface area contributed by atoms with Gasteiger partial charge in [-0.25, -0.2) is 9.59 Å². The molecule has 0 radical (unpaired) electrons. The molecular weight excluding hydrogens is 410 g/mol. The van der Waals surface area contributed by atoms with E-state index in [1.807, 2.05) is 62.6 Å². The van der Waals surface area contributed by atoms with Crippen molar-refractivity contribution in [1.82, 2.24) is 5.32 Å². The summed E-state index contributed by atoms with van der Waals surface area (Å²) < 4.78 is 6.10. The van der Waals surface area contributed by atoms with Gasteiger partial charge in [-0.2, -0.15) is 0 Å². The monoisotopic (exact) mass is 436 g/mol. The smallest absolute Gasteiger partial charge is 0.407 e. The molecule has 0 unspecified atom stereocenters. The number of ether oxygens (including phenoxy) is 1. The van der Waals surface area contributed by atoms with Gasteiger partial charge in [0.2, 0.25) is 0 Å². The fourth-order valence-electron chi connectivity index (χ4n) is 5.44. The van der Waals surface area contributed by atoms with Gasteiger partial charge in [0, 0.05) is 17.4 Å². The van der Waals surface area contributed by atoms with Crippen molar-refractivity contribution >= 4 is 12.1 Å². The molecule has 1 fully saturated rings. The highest BCUT2D eigenvalue weighted by molar-refractivity contribution is 5.82. The number of azide groups is 1. The van der Waals surface area contributed by atoms with E-state index in [0.29, 0.717) is 17.6 Å². The van der Waals surface area contributed by atoms with Crippen molar-refractivity contribution < 1.29 is 23.9 Å². The first-order chi connectivity index (χ1) is 15.3. The van der Waals surface area contributed by atoms with E-state index in [1.165, 1.54) is 0 Å². The van der Waals surface area contributed by atoms with Gasteiger partial charge in [0.25, 0.3) is 0 Å². The van der Waals surface area contributed by atoms with Crippen LogP contribution in [0.1, 0.15) is 17.0 Å². The van der Waals surface area contributed by atoms with Gasteiger partial charge in [-0.05, 0) is 27.8 Å². The zero-order chi connectivity index (χ0) is 22.9. The lowest BCUT2D eigenvalue weighted by Gasteiger charge is -2.54. The lowest BCUT2D eigenvalue weighted by molar-refractivity contribution is -0.949. The van der Waals surface area contributed by atoms with Crippen LogP contribution in [0.3, 0.4) is 0 Å². The molecule has 1 aliphatic heterocycles. The molecule has 32 heavy (non-hydrogen) atoms. The minimum atomic E-state index is -1.21. The number of amides is 1. The van der Waals surface area contributed by atoms with Gasteiger partial charge < -0.3 is 19.6 Å². The maximum Gasteiger partial charge on any atom is 0.407 e. The van der Waals surface area contributed by atoms with Crippen molar-refractivity contribution in [2.24, 2.45) is 10.5 Å². The van der Waals surface area contributed by atoms with Gasteiger partial charge >= 0.3 is 12.1 Å². The van der Waals surface area contributed by atoms with Crippen molar-refractivity contribution in [3.05, 3.63) is 70.1 Å². The normalized spacial score (nSPS) is 18.3. The molecule has 2 N–H and O–H groups in total. The van der Waals surface area contributed by atoms with Crippen LogP contribution in [0.25, 0.3) is 21.6 Å². The van der Waals surface area contributed by atoms with Crippen molar-refractivity contribution in [3.8, 4) is 11.1 Å². The topological polar surface area (TPSA) is 124 Å². The Morgan fingerprint density at radius 1 is 1.19 bits per heavy atom. The van der Waals surface area contributed by atoms with Gasteiger partial charge in [0.15, 0.2) is 0 Å². The highest BCUT2D eigenvalue weighted by Gasteiger charge is 2.59. The number of carboxylic acid groups (broad SMARTS) is 1. The number of alkyl carbamates (subject to hydrolysis) is 1. The van der Waals surface area contributed by atoms with Crippen molar-refractivity contribution in [3.63, 3.8) is 0 Å². The Morgan fingerprint density at radius 3 is 2.25 bits per heavy atom. The molecule has 4 rings (SSSR count). The minimum absolute atomic E-state index is 0.00813. The molecule has 166 valence electrons. The molecule has 0 aromatic heterocycles. The fourth-order valence-corrected chi connectivity index (χ4v) is 5.44. The van der Waals surface area contributed by atoms with Crippen molar-refractivity contribution in [2.45, 2.75) is 12.0 Å². The molecule has 0 bridgehead atoms. The second-order valence-electron chi connectivity index (χ2n) is 9.24. The Hall–Kier alpha value is -3.55. The summed E-state index contributed by atoms with van der Waals surface area (Å²) in [5.74, 6) is -1.29. The number of likely N-dealkylation sites (tertiary alicyclic amines) is 1. The molecule has 1 amide bonds. The second-order valence-corrected chi connectivity index (χ2v) is 9.24. The number of hydrogen-bond acceptors (Lipinski definition) is 4.